The van der Waals surface area contributed by atoms with Crippen molar-refractivity contribution in [2.24, 2.45) is 5.14 Å². The van der Waals surface area contributed by atoms with E-state index in [1.54, 1.807) is 18.3 Å². The molecule has 0 aliphatic heterocycles. The van der Waals surface area contributed by atoms with Gasteiger partial charge in [-0.3, -0.25) is 4.79 Å². The molecule has 2 aromatic carbocycles. The fraction of sp³-hybridized carbons (Fsp3) is 0.174. The Morgan fingerprint density at radius 1 is 1.09 bits per heavy atom. The first-order valence-corrected chi connectivity index (χ1v) is 12.3. The van der Waals surface area contributed by atoms with Crippen molar-refractivity contribution in [3.8, 4) is 0 Å². The third-order valence-corrected chi connectivity index (χ3v) is 6.75. The number of anilines is 1. The molecule has 3 N–H and O–H groups in total. The lowest BCUT2D eigenvalue weighted by Gasteiger charge is -2.15. The van der Waals surface area contributed by atoms with Crippen LogP contribution >= 0.6 is 11.8 Å². The molecule has 0 fully saturated rings. The third-order valence-electron chi connectivity index (χ3n) is 4.64. The van der Waals surface area contributed by atoms with Crippen molar-refractivity contribution in [3.05, 3.63) is 77.5 Å². The smallest absolute Gasteiger partial charge is 0.341 e. The molecule has 8 nitrogen and oxygen atoms in total. The minimum Gasteiger partial charge on any atom is -0.449 e. The molecule has 10 heteroatoms. The zero-order valence-electron chi connectivity index (χ0n) is 18.2. The molecule has 1 aromatic heterocycles. The van der Waals surface area contributed by atoms with Gasteiger partial charge in [0.05, 0.1) is 10.5 Å². The van der Waals surface area contributed by atoms with Crippen LogP contribution in [-0.4, -0.2) is 31.4 Å². The van der Waals surface area contributed by atoms with Crippen LogP contribution in [0.3, 0.4) is 0 Å². The molecule has 1 unspecified atom stereocenters. The van der Waals surface area contributed by atoms with Crippen LogP contribution in [0, 0.1) is 13.8 Å². The molecule has 0 spiro atoms. The number of primary sulfonamides is 1. The van der Waals surface area contributed by atoms with Gasteiger partial charge in [-0.05, 0) is 74.4 Å². The molecule has 0 aliphatic rings. The van der Waals surface area contributed by atoms with E-state index in [1.165, 1.54) is 43.0 Å². The summed E-state index contributed by atoms with van der Waals surface area (Å²) in [5.74, 6) is -1.25. The summed E-state index contributed by atoms with van der Waals surface area (Å²) in [7, 11) is -3.83. The Morgan fingerprint density at radius 3 is 2.45 bits per heavy atom. The molecular weight excluding hydrogens is 462 g/mol. The molecule has 1 heterocycles. The SMILES string of the molecule is Cc1ccc(C)c(Sc2ncccc2C(=O)OC(C)C(=O)Nc2ccc(S(N)(=O)=O)cc2)c1. The monoisotopic (exact) mass is 485 g/mol. The first-order valence-electron chi connectivity index (χ1n) is 9.89. The van der Waals surface area contributed by atoms with Gasteiger partial charge in [0.25, 0.3) is 5.91 Å². The van der Waals surface area contributed by atoms with Crippen LogP contribution in [0.15, 0.2) is 75.6 Å². The Bertz CT molecular complexity index is 1290. The van der Waals surface area contributed by atoms with E-state index in [2.05, 4.69) is 10.3 Å². The Kier molecular flexibility index (Phi) is 7.52. The summed E-state index contributed by atoms with van der Waals surface area (Å²) >= 11 is 1.35. The number of nitrogens with zero attached hydrogens (tertiary/aromatic N) is 1. The van der Waals surface area contributed by atoms with E-state index in [9.17, 15) is 18.0 Å². The van der Waals surface area contributed by atoms with Gasteiger partial charge in [-0.2, -0.15) is 0 Å². The summed E-state index contributed by atoms with van der Waals surface area (Å²) in [4.78, 5) is 30.5. The molecule has 172 valence electrons. The maximum absolute atomic E-state index is 12.8. The molecule has 1 amide bonds. The molecule has 3 rings (SSSR count). The number of nitrogens with one attached hydrogen (secondary N) is 1. The van der Waals surface area contributed by atoms with Gasteiger partial charge in [-0.15, -0.1) is 0 Å². The number of pyridine rings is 1. The van der Waals surface area contributed by atoms with E-state index in [1.807, 2.05) is 32.0 Å². The van der Waals surface area contributed by atoms with Crippen LogP contribution < -0.4 is 10.5 Å². The topological polar surface area (TPSA) is 128 Å². The number of aryl methyl sites for hydroxylation is 2. The number of sulfonamides is 1. The van der Waals surface area contributed by atoms with Gasteiger partial charge in [0.15, 0.2) is 6.10 Å². The van der Waals surface area contributed by atoms with E-state index < -0.39 is 28.0 Å². The lowest BCUT2D eigenvalue weighted by atomic mass is 10.2. The van der Waals surface area contributed by atoms with Crippen LogP contribution in [0.4, 0.5) is 5.69 Å². The number of nitrogens with two attached hydrogens (primary N) is 1. The van der Waals surface area contributed by atoms with Crippen LogP contribution in [0.25, 0.3) is 0 Å². The number of esters is 1. The highest BCUT2D eigenvalue weighted by atomic mass is 32.2. The number of hydrogen-bond acceptors (Lipinski definition) is 7. The largest absolute Gasteiger partial charge is 0.449 e. The summed E-state index contributed by atoms with van der Waals surface area (Å²) in [6.07, 6.45) is 0.486. The van der Waals surface area contributed by atoms with Gasteiger partial charge in [-0.25, -0.2) is 23.3 Å². The predicted molar refractivity (Wildman–Crippen MR) is 126 cm³/mol. The van der Waals surface area contributed by atoms with Crippen LogP contribution in [-0.2, 0) is 19.6 Å². The summed E-state index contributed by atoms with van der Waals surface area (Å²) in [5, 5.41) is 8.11. The van der Waals surface area contributed by atoms with Crippen molar-refractivity contribution in [3.63, 3.8) is 0 Å². The number of benzene rings is 2. The van der Waals surface area contributed by atoms with Crippen LogP contribution in [0.1, 0.15) is 28.4 Å². The molecule has 1 atom stereocenters. The summed E-state index contributed by atoms with van der Waals surface area (Å²) < 4.78 is 28.0. The molecular formula is C23H23N3O5S2. The minimum absolute atomic E-state index is 0.0783. The Balaban J connectivity index is 1.69. The first-order chi connectivity index (χ1) is 15.5. The number of amides is 1. The highest BCUT2D eigenvalue weighted by molar-refractivity contribution is 7.99. The van der Waals surface area contributed by atoms with Gasteiger partial charge in [-0.1, -0.05) is 23.9 Å². The number of rotatable bonds is 7. The van der Waals surface area contributed by atoms with Gasteiger partial charge < -0.3 is 10.1 Å². The summed E-state index contributed by atoms with van der Waals surface area (Å²) in [5.41, 5.74) is 2.73. The zero-order chi connectivity index (χ0) is 24.2. The molecule has 0 radical (unpaired) electrons. The summed E-state index contributed by atoms with van der Waals surface area (Å²) in [6, 6.07) is 14.6. The molecule has 0 aliphatic carbocycles. The first kappa shape index (κ1) is 24.4. The number of carbonyl (C=O) groups excluding carboxylic acids is 2. The Labute approximate surface area is 196 Å². The van der Waals surface area contributed by atoms with Crippen molar-refractivity contribution in [1.29, 1.82) is 0 Å². The van der Waals surface area contributed by atoms with Crippen molar-refractivity contribution in [2.75, 3.05) is 5.32 Å². The normalized spacial score (nSPS) is 12.1. The number of ether oxygens (including phenoxy) is 1. The second-order valence-electron chi connectivity index (χ2n) is 7.33. The third kappa shape index (κ3) is 6.41. The average Bonchev–Trinajstić information content (AvgIpc) is 2.76. The molecule has 0 saturated heterocycles. The van der Waals surface area contributed by atoms with Gasteiger partial charge in [0.1, 0.15) is 5.03 Å². The maximum Gasteiger partial charge on any atom is 0.341 e. The summed E-state index contributed by atoms with van der Waals surface area (Å²) in [6.45, 7) is 5.41. The van der Waals surface area contributed by atoms with Gasteiger partial charge >= 0.3 is 5.97 Å². The fourth-order valence-electron chi connectivity index (χ4n) is 2.80. The lowest BCUT2D eigenvalue weighted by Crippen LogP contribution is -2.30. The Hall–Kier alpha value is -3.21. The van der Waals surface area contributed by atoms with Gasteiger partial charge in [0.2, 0.25) is 10.0 Å². The standard InChI is InChI=1S/C23H23N3O5S2/c1-14-6-7-15(2)20(13-14)32-22-19(5-4-12-25-22)23(28)31-16(3)21(27)26-17-8-10-18(11-9-17)33(24,29)30/h4-13,16H,1-3H3,(H,26,27)(H2,24,29,30). The lowest BCUT2D eigenvalue weighted by molar-refractivity contribution is -0.123. The second-order valence-corrected chi connectivity index (χ2v) is 9.93. The average molecular weight is 486 g/mol. The molecule has 0 saturated carbocycles. The van der Waals surface area contributed by atoms with E-state index in [0.717, 1.165) is 16.0 Å². The van der Waals surface area contributed by atoms with Crippen molar-refractivity contribution in [1.82, 2.24) is 4.98 Å². The van der Waals surface area contributed by atoms with E-state index in [-0.39, 0.29) is 10.5 Å². The highest BCUT2D eigenvalue weighted by Crippen LogP contribution is 2.32. The maximum atomic E-state index is 12.8. The Morgan fingerprint density at radius 2 is 1.79 bits per heavy atom. The van der Waals surface area contributed by atoms with Gasteiger partial charge in [0, 0.05) is 16.8 Å². The second kappa shape index (κ2) is 10.2. The fourth-order valence-corrected chi connectivity index (χ4v) is 4.37. The number of carbonyl (C=O) groups is 2. The quantitative estimate of drug-likeness (QED) is 0.489. The minimum atomic E-state index is -3.83. The van der Waals surface area contributed by atoms with E-state index in [4.69, 9.17) is 9.88 Å². The van der Waals surface area contributed by atoms with E-state index >= 15 is 0 Å². The van der Waals surface area contributed by atoms with Crippen molar-refractivity contribution >= 4 is 39.3 Å². The molecule has 33 heavy (non-hydrogen) atoms. The highest BCUT2D eigenvalue weighted by Gasteiger charge is 2.22. The van der Waals surface area contributed by atoms with E-state index in [0.29, 0.717) is 10.7 Å². The predicted octanol–water partition coefficient (Wildman–Crippen LogP) is 3.68. The molecule has 0 bridgehead atoms. The van der Waals surface area contributed by atoms with Crippen LogP contribution in [0.2, 0.25) is 0 Å². The number of aromatic nitrogens is 1. The van der Waals surface area contributed by atoms with Crippen molar-refractivity contribution < 1.29 is 22.7 Å². The van der Waals surface area contributed by atoms with Crippen LogP contribution in [0.5, 0.6) is 0 Å². The number of hydrogen-bond donors (Lipinski definition) is 2. The zero-order valence-corrected chi connectivity index (χ0v) is 19.9. The molecule has 3 aromatic rings. The van der Waals surface area contributed by atoms with Crippen molar-refractivity contribution in [2.45, 2.75) is 41.7 Å².